The van der Waals surface area contributed by atoms with Crippen LogP contribution in [0.4, 0.5) is 0 Å². The Morgan fingerprint density at radius 2 is 1.75 bits per heavy atom. The molecule has 0 unspecified atom stereocenters. The Hall–Kier alpha value is -1.65. The van der Waals surface area contributed by atoms with Crippen LogP contribution in [0.2, 0.25) is 0 Å². The van der Waals surface area contributed by atoms with Crippen molar-refractivity contribution in [2.45, 2.75) is 32.7 Å². The predicted molar refractivity (Wildman–Crippen MR) is 72.3 cm³/mol. The molecule has 108 valence electrons. The Bertz CT molecular complexity index is 467. The lowest BCUT2D eigenvalue weighted by atomic mass is 9.63. The molecule has 3 amide bonds. The van der Waals surface area contributed by atoms with Crippen LogP contribution in [-0.2, 0) is 14.4 Å². The van der Waals surface area contributed by atoms with E-state index in [0.29, 0.717) is 6.54 Å². The van der Waals surface area contributed by atoms with E-state index in [-0.39, 0.29) is 41.4 Å². The van der Waals surface area contributed by atoms with Gasteiger partial charge in [-0.05, 0) is 38.5 Å². The van der Waals surface area contributed by atoms with Crippen LogP contribution in [0.1, 0.15) is 26.7 Å². The lowest BCUT2D eigenvalue weighted by molar-refractivity contribution is -0.147. The molecular weight excluding hydrogens is 256 g/mol. The smallest absolute Gasteiger partial charge is 0.243 e. The summed E-state index contributed by atoms with van der Waals surface area (Å²) >= 11 is 0. The van der Waals surface area contributed by atoms with E-state index in [1.807, 2.05) is 6.92 Å². The number of hydrogen-bond acceptors (Lipinski definition) is 3. The number of likely N-dealkylation sites (tertiary alicyclic amines) is 1. The maximum atomic E-state index is 12.6. The molecule has 0 aromatic carbocycles. The minimum absolute atomic E-state index is 0.155. The molecule has 1 N–H and O–H groups in total. The van der Waals surface area contributed by atoms with E-state index in [4.69, 9.17) is 0 Å². The summed E-state index contributed by atoms with van der Waals surface area (Å²) in [4.78, 5) is 38.3. The molecule has 5 nitrogen and oxygen atoms in total. The molecule has 20 heavy (non-hydrogen) atoms. The van der Waals surface area contributed by atoms with Gasteiger partial charge < -0.3 is 5.32 Å². The summed E-state index contributed by atoms with van der Waals surface area (Å²) in [5.74, 6) is -0.684. The number of carbonyl (C=O) groups excluding carboxylic acids is 3. The molecule has 0 radical (unpaired) electrons. The maximum absolute atomic E-state index is 12.6. The molecular formula is C15H20N2O3. The minimum atomic E-state index is -0.708. The van der Waals surface area contributed by atoms with E-state index in [1.165, 1.54) is 4.90 Å². The van der Waals surface area contributed by atoms with Gasteiger partial charge in [-0.25, -0.2) is 0 Å². The highest BCUT2D eigenvalue weighted by molar-refractivity contribution is 6.08. The first-order valence-corrected chi connectivity index (χ1v) is 7.39. The summed E-state index contributed by atoms with van der Waals surface area (Å²) in [7, 11) is 0. The van der Waals surface area contributed by atoms with Crippen LogP contribution < -0.4 is 5.32 Å². The van der Waals surface area contributed by atoms with Crippen molar-refractivity contribution < 1.29 is 14.4 Å². The average molecular weight is 276 g/mol. The van der Waals surface area contributed by atoms with Crippen LogP contribution in [0, 0.1) is 23.7 Å². The van der Waals surface area contributed by atoms with E-state index in [9.17, 15) is 14.4 Å². The second kappa shape index (κ2) is 4.72. The lowest BCUT2D eigenvalue weighted by Crippen LogP contribution is -2.48. The molecule has 1 saturated heterocycles. The van der Waals surface area contributed by atoms with E-state index >= 15 is 0 Å². The van der Waals surface area contributed by atoms with Crippen molar-refractivity contribution in [3.8, 4) is 0 Å². The number of imide groups is 1. The number of fused-ring (bicyclic) bond motifs is 1. The van der Waals surface area contributed by atoms with Gasteiger partial charge in [0.05, 0.1) is 11.8 Å². The fraction of sp³-hybridized carbons (Fsp3) is 0.667. The highest BCUT2D eigenvalue weighted by atomic mass is 16.2. The highest BCUT2D eigenvalue weighted by Gasteiger charge is 2.57. The molecule has 0 spiro atoms. The van der Waals surface area contributed by atoms with Gasteiger partial charge in [0.15, 0.2) is 0 Å². The molecule has 1 aliphatic heterocycles. The van der Waals surface area contributed by atoms with Crippen LogP contribution in [0.3, 0.4) is 0 Å². The number of carbonyl (C=O) groups is 3. The van der Waals surface area contributed by atoms with E-state index < -0.39 is 6.04 Å². The van der Waals surface area contributed by atoms with Crippen molar-refractivity contribution in [3.63, 3.8) is 0 Å². The molecule has 2 bridgehead atoms. The number of allylic oxidation sites excluding steroid dienone is 2. The molecule has 4 rings (SSSR count). The van der Waals surface area contributed by atoms with Gasteiger partial charge in [0.2, 0.25) is 17.7 Å². The SMILES string of the molecule is CCNC(=O)[C@@H](C)N1C(=O)[C@@H]2[C@H](C1=O)[C@H]1C=C[C@H]2CC1. The van der Waals surface area contributed by atoms with Gasteiger partial charge in [0, 0.05) is 6.54 Å². The topological polar surface area (TPSA) is 66.5 Å². The highest BCUT2D eigenvalue weighted by Crippen LogP contribution is 2.49. The van der Waals surface area contributed by atoms with Crippen molar-refractivity contribution in [1.82, 2.24) is 10.2 Å². The van der Waals surface area contributed by atoms with Crippen molar-refractivity contribution in [1.29, 1.82) is 0 Å². The van der Waals surface area contributed by atoms with Crippen LogP contribution in [0.25, 0.3) is 0 Å². The monoisotopic (exact) mass is 276 g/mol. The van der Waals surface area contributed by atoms with Gasteiger partial charge in [-0.3, -0.25) is 19.3 Å². The standard InChI is InChI=1S/C15H20N2O3/c1-3-16-13(18)8(2)17-14(19)11-9-4-5-10(7-6-9)12(11)15(17)20/h4-5,8-12H,3,6-7H2,1-2H3,(H,16,18)/t8-,9+,10+,11-,12+/m1/s1. The van der Waals surface area contributed by atoms with Crippen LogP contribution in [0.5, 0.6) is 0 Å². The van der Waals surface area contributed by atoms with Gasteiger partial charge >= 0.3 is 0 Å². The molecule has 3 aliphatic carbocycles. The zero-order valence-corrected chi connectivity index (χ0v) is 11.8. The fourth-order valence-electron chi connectivity index (χ4n) is 3.92. The second-order valence-corrected chi connectivity index (χ2v) is 5.96. The molecule has 2 fully saturated rings. The Balaban J connectivity index is 1.87. The normalized spacial score (nSPS) is 36.2. The number of rotatable bonds is 3. The summed E-state index contributed by atoms with van der Waals surface area (Å²) < 4.78 is 0. The number of nitrogens with zero attached hydrogens (tertiary/aromatic N) is 1. The fourth-order valence-corrected chi connectivity index (χ4v) is 3.92. The molecule has 0 aromatic heterocycles. The Labute approximate surface area is 118 Å². The van der Waals surface area contributed by atoms with Crippen molar-refractivity contribution in [3.05, 3.63) is 12.2 Å². The third-order valence-corrected chi connectivity index (χ3v) is 4.91. The lowest BCUT2D eigenvalue weighted by Gasteiger charge is -2.38. The third kappa shape index (κ3) is 1.72. The van der Waals surface area contributed by atoms with Gasteiger partial charge in [-0.2, -0.15) is 0 Å². The van der Waals surface area contributed by atoms with Crippen molar-refractivity contribution in [2.75, 3.05) is 6.54 Å². The first kappa shape index (κ1) is 13.3. The summed E-state index contributed by atoms with van der Waals surface area (Å²) in [5, 5.41) is 2.68. The quantitative estimate of drug-likeness (QED) is 0.610. The van der Waals surface area contributed by atoms with Crippen molar-refractivity contribution >= 4 is 17.7 Å². The zero-order valence-electron chi connectivity index (χ0n) is 11.8. The summed E-state index contributed by atoms with van der Waals surface area (Å²) in [5.41, 5.74) is 0. The number of nitrogens with one attached hydrogen (secondary N) is 1. The van der Waals surface area contributed by atoms with Crippen LogP contribution in [0.15, 0.2) is 12.2 Å². The second-order valence-electron chi connectivity index (χ2n) is 5.96. The maximum Gasteiger partial charge on any atom is 0.243 e. The van der Waals surface area contributed by atoms with Gasteiger partial charge in [0.1, 0.15) is 6.04 Å². The molecule has 5 atom stereocenters. The molecule has 0 aromatic rings. The van der Waals surface area contributed by atoms with Gasteiger partial charge in [-0.1, -0.05) is 12.2 Å². The minimum Gasteiger partial charge on any atom is -0.355 e. The number of likely N-dealkylation sites (N-methyl/N-ethyl adjacent to an activating group) is 1. The molecule has 1 saturated carbocycles. The molecule has 1 heterocycles. The third-order valence-electron chi connectivity index (χ3n) is 4.91. The van der Waals surface area contributed by atoms with Crippen LogP contribution in [-0.4, -0.2) is 35.2 Å². The average Bonchev–Trinajstić information content (AvgIpc) is 2.74. The Morgan fingerprint density at radius 1 is 1.25 bits per heavy atom. The number of amides is 3. The summed E-state index contributed by atoms with van der Waals surface area (Å²) in [6.45, 7) is 3.95. The van der Waals surface area contributed by atoms with Gasteiger partial charge in [0.25, 0.3) is 0 Å². The van der Waals surface area contributed by atoms with Gasteiger partial charge in [-0.15, -0.1) is 0 Å². The van der Waals surface area contributed by atoms with E-state index in [1.54, 1.807) is 6.92 Å². The first-order chi connectivity index (χ1) is 9.56. The molecule has 5 heteroatoms. The van der Waals surface area contributed by atoms with Crippen molar-refractivity contribution in [2.24, 2.45) is 23.7 Å². The summed E-state index contributed by atoms with van der Waals surface area (Å²) in [6, 6.07) is -0.708. The van der Waals surface area contributed by atoms with E-state index in [0.717, 1.165) is 12.8 Å². The van der Waals surface area contributed by atoms with E-state index in [2.05, 4.69) is 17.5 Å². The summed E-state index contributed by atoms with van der Waals surface area (Å²) in [6.07, 6.45) is 6.12. The zero-order chi connectivity index (χ0) is 14.4. The Kier molecular flexibility index (Phi) is 3.15. The Morgan fingerprint density at radius 3 is 2.15 bits per heavy atom. The largest absolute Gasteiger partial charge is 0.355 e. The van der Waals surface area contributed by atoms with Crippen LogP contribution >= 0.6 is 0 Å². The predicted octanol–water partition coefficient (Wildman–Crippen LogP) is 0.708. The molecule has 4 aliphatic rings. The first-order valence-electron chi connectivity index (χ1n) is 7.39. The number of hydrogen-bond donors (Lipinski definition) is 1.